The minimum atomic E-state index is -3.50. The van der Waals surface area contributed by atoms with E-state index in [4.69, 9.17) is 16.3 Å². The lowest BCUT2D eigenvalue weighted by Gasteiger charge is -2.09. The van der Waals surface area contributed by atoms with Crippen molar-refractivity contribution in [2.75, 3.05) is 18.2 Å². The summed E-state index contributed by atoms with van der Waals surface area (Å²) in [5, 5.41) is 2.61. The van der Waals surface area contributed by atoms with Crippen molar-refractivity contribution >= 4 is 54.9 Å². The van der Waals surface area contributed by atoms with Crippen LogP contribution >= 0.6 is 27.5 Å². The summed E-state index contributed by atoms with van der Waals surface area (Å²) in [7, 11) is -3.50. The summed E-state index contributed by atoms with van der Waals surface area (Å²) in [5.41, 5.74) is 0.402. The number of esters is 1. The van der Waals surface area contributed by atoms with Crippen LogP contribution in [0.5, 0.6) is 0 Å². The lowest BCUT2D eigenvalue weighted by molar-refractivity contribution is -0.119. The third-order valence-corrected chi connectivity index (χ3v) is 5.20. The maximum absolute atomic E-state index is 12.1. The summed E-state index contributed by atoms with van der Waals surface area (Å²) < 4.78 is 28.7. The number of rotatable bonds is 5. The highest BCUT2D eigenvalue weighted by atomic mass is 79.9. The Labute approximate surface area is 158 Å². The number of carbonyl (C=O) groups excluding carboxylic acids is 2. The van der Waals surface area contributed by atoms with Crippen LogP contribution in [0.4, 0.5) is 5.69 Å². The summed E-state index contributed by atoms with van der Waals surface area (Å²) in [6.07, 6.45) is 1.01. The van der Waals surface area contributed by atoms with Gasteiger partial charge in [0.15, 0.2) is 16.4 Å². The Morgan fingerprint density at radius 2 is 1.88 bits per heavy atom. The number of nitrogens with one attached hydrogen (secondary N) is 1. The van der Waals surface area contributed by atoms with Gasteiger partial charge in [0.25, 0.3) is 5.91 Å². The average Bonchev–Trinajstić information content (AvgIpc) is 2.54. The molecule has 0 heterocycles. The van der Waals surface area contributed by atoms with Crippen molar-refractivity contribution in [3.8, 4) is 0 Å². The molecule has 25 heavy (non-hydrogen) atoms. The molecule has 0 saturated heterocycles. The van der Waals surface area contributed by atoms with Gasteiger partial charge in [0, 0.05) is 10.7 Å². The van der Waals surface area contributed by atoms with Crippen LogP contribution in [0, 0.1) is 0 Å². The van der Waals surface area contributed by atoms with Crippen molar-refractivity contribution in [3.05, 3.63) is 57.5 Å². The van der Waals surface area contributed by atoms with Crippen LogP contribution in [0.25, 0.3) is 0 Å². The monoisotopic (exact) mass is 445 g/mol. The Morgan fingerprint density at radius 1 is 1.20 bits per heavy atom. The summed E-state index contributed by atoms with van der Waals surface area (Å²) in [4.78, 5) is 23.9. The molecule has 0 bridgehead atoms. The molecule has 0 fully saturated rings. The van der Waals surface area contributed by atoms with E-state index < -0.39 is 28.3 Å². The van der Waals surface area contributed by atoms with Gasteiger partial charge >= 0.3 is 5.97 Å². The van der Waals surface area contributed by atoms with E-state index >= 15 is 0 Å². The van der Waals surface area contributed by atoms with Gasteiger partial charge in [0.2, 0.25) is 0 Å². The van der Waals surface area contributed by atoms with Crippen molar-refractivity contribution < 1.29 is 22.7 Å². The smallest absolute Gasteiger partial charge is 0.340 e. The second-order valence-corrected chi connectivity index (χ2v) is 8.30. The first kappa shape index (κ1) is 19.4. The van der Waals surface area contributed by atoms with Crippen molar-refractivity contribution in [3.63, 3.8) is 0 Å². The molecule has 6 nitrogen and oxygen atoms in total. The number of benzene rings is 2. The zero-order valence-electron chi connectivity index (χ0n) is 13.0. The largest absolute Gasteiger partial charge is 0.452 e. The van der Waals surface area contributed by atoms with Gasteiger partial charge < -0.3 is 10.1 Å². The number of hydrogen-bond donors (Lipinski definition) is 1. The Hall–Kier alpha value is -1.90. The highest BCUT2D eigenvalue weighted by Gasteiger charge is 2.18. The number of para-hydroxylation sites is 1. The van der Waals surface area contributed by atoms with Crippen LogP contribution in [0.15, 0.2) is 51.8 Å². The van der Waals surface area contributed by atoms with Gasteiger partial charge in [-0.2, -0.15) is 0 Å². The first-order chi connectivity index (χ1) is 11.7. The van der Waals surface area contributed by atoms with Crippen LogP contribution in [-0.2, 0) is 19.4 Å². The highest BCUT2D eigenvalue weighted by Crippen LogP contribution is 2.22. The molecule has 0 unspecified atom stereocenters. The SMILES string of the molecule is CS(=O)(=O)c1ccc(Cl)c(C(=O)OCC(=O)Nc2ccccc2Br)c1. The molecule has 9 heteroatoms. The summed E-state index contributed by atoms with van der Waals surface area (Å²) in [6, 6.07) is 10.6. The highest BCUT2D eigenvalue weighted by molar-refractivity contribution is 9.10. The predicted molar refractivity (Wildman–Crippen MR) is 97.6 cm³/mol. The van der Waals surface area contributed by atoms with Crippen LogP contribution in [0.2, 0.25) is 5.02 Å². The zero-order valence-corrected chi connectivity index (χ0v) is 16.1. The lowest BCUT2D eigenvalue weighted by Crippen LogP contribution is -2.21. The van der Waals surface area contributed by atoms with Gasteiger partial charge in [-0.1, -0.05) is 23.7 Å². The molecule has 0 spiro atoms. The van der Waals surface area contributed by atoms with Crippen molar-refractivity contribution in [1.82, 2.24) is 0 Å². The summed E-state index contributed by atoms with van der Waals surface area (Å²) in [5.74, 6) is -1.44. The maximum Gasteiger partial charge on any atom is 0.340 e. The van der Waals surface area contributed by atoms with E-state index in [-0.39, 0.29) is 15.5 Å². The molecule has 2 aromatic rings. The molecule has 2 rings (SSSR count). The number of anilines is 1. The Balaban J connectivity index is 2.05. The molecule has 0 aliphatic carbocycles. The van der Waals surface area contributed by atoms with Crippen LogP contribution in [-0.4, -0.2) is 33.2 Å². The third-order valence-electron chi connectivity index (χ3n) is 3.07. The fourth-order valence-corrected chi connectivity index (χ4v) is 3.07. The number of halogens is 2. The van der Waals surface area contributed by atoms with Gasteiger partial charge in [0.05, 0.1) is 21.2 Å². The molecule has 1 N–H and O–H groups in total. The topological polar surface area (TPSA) is 89.5 Å². The third kappa shape index (κ3) is 5.29. The number of carbonyl (C=O) groups is 2. The molecule has 0 aromatic heterocycles. The molecule has 0 aliphatic rings. The lowest BCUT2D eigenvalue weighted by atomic mass is 10.2. The summed E-state index contributed by atoms with van der Waals surface area (Å²) >= 11 is 9.19. The molecule has 1 amide bonds. The van der Waals surface area contributed by atoms with E-state index in [0.29, 0.717) is 10.2 Å². The summed E-state index contributed by atoms with van der Waals surface area (Å²) in [6.45, 7) is -0.542. The van der Waals surface area contributed by atoms with Crippen LogP contribution < -0.4 is 5.32 Å². The van der Waals surface area contributed by atoms with Gasteiger partial charge in [0.1, 0.15) is 0 Å². The first-order valence-corrected chi connectivity index (χ1v) is 9.96. The minimum absolute atomic E-state index is 0.0311. The fourth-order valence-electron chi connectivity index (χ4n) is 1.85. The van der Waals surface area contributed by atoms with E-state index in [9.17, 15) is 18.0 Å². The zero-order chi connectivity index (χ0) is 18.6. The molecule has 0 aliphatic heterocycles. The van der Waals surface area contributed by atoms with E-state index in [1.807, 2.05) is 0 Å². The maximum atomic E-state index is 12.1. The molecule has 0 radical (unpaired) electrons. The van der Waals surface area contributed by atoms with E-state index in [2.05, 4.69) is 21.2 Å². The van der Waals surface area contributed by atoms with Crippen molar-refractivity contribution in [1.29, 1.82) is 0 Å². The first-order valence-electron chi connectivity index (χ1n) is 6.89. The van der Waals surface area contributed by atoms with Gasteiger partial charge in [-0.05, 0) is 46.3 Å². The van der Waals surface area contributed by atoms with E-state index in [1.54, 1.807) is 24.3 Å². The normalized spacial score (nSPS) is 11.0. The van der Waals surface area contributed by atoms with Crippen LogP contribution in [0.1, 0.15) is 10.4 Å². The molecular weight excluding hydrogens is 434 g/mol. The molecule has 0 atom stereocenters. The van der Waals surface area contributed by atoms with Gasteiger partial charge in [-0.3, -0.25) is 4.79 Å². The van der Waals surface area contributed by atoms with Gasteiger partial charge in [-0.25, -0.2) is 13.2 Å². The Bertz CT molecular complexity index is 930. The standard InChI is InChI=1S/C16H13BrClNO5S/c1-25(22,23)10-6-7-13(18)11(8-10)16(21)24-9-15(20)19-14-5-3-2-4-12(14)17/h2-8H,9H2,1H3,(H,19,20). The number of sulfone groups is 1. The van der Waals surface area contributed by atoms with E-state index in [0.717, 1.165) is 12.3 Å². The second-order valence-electron chi connectivity index (χ2n) is 5.02. The molecule has 0 saturated carbocycles. The van der Waals surface area contributed by atoms with Crippen molar-refractivity contribution in [2.45, 2.75) is 4.90 Å². The minimum Gasteiger partial charge on any atom is -0.452 e. The Morgan fingerprint density at radius 3 is 2.52 bits per heavy atom. The van der Waals surface area contributed by atoms with Gasteiger partial charge in [-0.15, -0.1) is 0 Å². The molecular formula is C16H13BrClNO5S. The van der Waals surface area contributed by atoms with E-state index in [1.165, 1.54) is 12.1 Å². The molecule has 2 aromatic carbocycles. The number of amides is 1. The predicted octanol–water partition coefficient (Wildman–Crippen LogP) is 3.30. The molecule has 132 valence electrons. The average molecular weight is 447 g/mol. The second kappa shape index (κ2) is 7.99. The number of hydrogen-bond acceptors (Lipinski definition) is 5. The number of ether oxygens (including phenoxy) is 1. The fraction of sp³-hybridized carbons (Fsp3) is 0.125. The van der Waals surface area contributed by atoms with Crippen LogP contribution in [0.3, 0.4) is 0 Å². The Kier molecular flexibility index (Phi) is 6.21. The van der Waals surface area contributed by atoms with Crippen molar-refractivity contribution in [2.24, 2.45) is 0 Å². The quantitative estimate of drug-likeness (QED) is 0.712.